The van der Waals surface area contributed by atoms with E-state index in [0.717, 1.165) is 5.92 Å². The molecular formula is C19H22S. The Kier molecular flexibility index (Phi) is 4.37. The molecule has 104 valence electrons. The minimum Gasteiger partial charge on any atom is -0.140 e. The van der Waals surface area contributed by atoms with Gasteiger partial charge in [-0.3, -0.25) is 0 Å². The Morgan fingerprint density at radius 1 is 1.10 bits per heavy atom. The highest BCUT2D eigenvalue weighted by atomic mass is 32.1. The summed E-state index contributed by atoms with van der Waals surface area (Å²) in [5, 5.41) is 0. The highest BCUT2D eigenvalue weighted by Gasteiger charge is 2.18. The molecule has 0 amide bonds. The molecule has 0 aliphatic heterocycles. The van der Waals surface area contributed by atoms with Crippen LogP contribution in [-0.2, 0) is 6.42 Å². The molecule has 1 aromatic carbocycles. The van der Waals surface area contributed by atoms with E-state index in [0.29, 0.717) is 0 Å². The molecule has 0 radical (unpaired) electrons. The lowest BCUT2D eigenvalue weighted by Crippen LogP contribution is -2.08. The lowest BCUT2D eigenvalue weighted by atomic mass is 9.85. The molecule has 0 unspecified atom stereocenters. The van der Waals surface area contributed by atoms with E-state index in [4.69, 9.17) is 0 Å². The van der Waals surface area contributed by atoms with E-state index in [2.05, 4.69) is 43.0 Å². The van der Waals surface area contributed by atoms with E-state index >= 15 is 0 Å². The fraction of sp³-hybridized carbons (Fsp3) is 0.368. The zero-order chi connectivity index (χ0) is 13.8. The molecule has 1 saturated carbocycles. The summed E-state index contributed by atoms with van der Waals surface area (Å²) in [6, 6.07) is 13.1. The second-order valence-corrected chi connectivity index (χ2v) is 6.93. The fourth-order valence-electron chi connectivity index (χ4n) is 3.22. The van der Waals surface area contributed by atoms with Gasteiger partial charge in [-0.2, -0.15) is 0 Å². The van der Waals surface area contributed by atoms with Gasteiger partial charge in [0.2, 0.25) is 0 Å². The van der Waals surface area contributed by atoms with E-state index in [-0.39, 0.29) is 0 Å². The van der Waals surface area contributed by atoms with Crippen LogP contribution in [0.4, 0.5) is 0 Å². The van der Waals surface area contributed by atoms with Crippen molar-refractivity contribution in [1.29, 1.82) is 0 Å². The van der Waals surface area contributed by atoms with Gasteiger partial charge in [0.05, 0.1) is 0 Å². The minimum atomic E-state index is 0.891. The maximum Gasteiger partial charge on any atom is 0.0273 e. The van der Waals surface area contributed by atoms with E-state index in [1.54, 1.807) is 4.88 Å². The molecule has 0 bridgehead atoms. The lowest BCUT2D eigenvalue weighted by molar-refractivity contribution is 0.358. The van der Waals surface area contributed by atoms with Gasteiger partial charge in [0, 0.05) is 9.75 Å². The van der Waals surface area contributed by atoms with E-state index in [9.17, 15) is 0 Å². The normalized spacial score (nSPS) is 16.2. The molecule has 0 nitrogen and oxygen atoms in total. The summed E-state index contributed by atoms with van der Waals surface area (Å²) in [6.07, 6.45) is 10.3. The molecule has 1 aromatic heterocycles. The van der Waals surface area contributed by atoms with Gasteiger partial charge in [0.1, 0.15) is 0 Å². The van der Waals surface area contributed by atoms with Gasteiger partial charge in [-0.15, -0.1) is 11.3 Å². The first-order chi connectivity index (χ1) is 9.86. The second-order valence-electron chi connectivity index (χ2n) is 5.76. The maximum atomic E-state index is 3.94. The molecule has 1 aliphatic carbocycles. The summed E-state index contributed by atoms with van der Waals surface area (Å²) in [4.78, 5) is 2.85. The Bertz CT molecular complexity index is 559. The van der Waals surface area contributed by atoms with Crippen LogP contribution in [0, 0.1) is 5.92 Å². The van der Waals surface area contributed by atoms with Crippen molar-refractivity contribution in [2.24, 2.45) is 5.92 Å². The molecule has 1 heterocycles. The quantitative estimate of drug-likeness (QED) is 0.628. The van der Waals surface area contributed by atoms with Crippen LogP contribution in [-0.4, -0.2) is 0 Å². The van der Waals surface area contributed by atoms with Crippen molar-refractivity contribution >= 4 is 17.4 Å². The van der Waals surface area contributed by atoms with E-state index in [1.165, 1.54) is 54.5 Å². The van der Waals surface area contributed by atoms with Crippen LogP contribution >= 0.6 is 11.3 Å². The molecule has 3 rings (SSSR count). The molecule has 0 N–H and O–H groups in total. The molecule has 1 fully saturated rings. The van der Waals surface area contributed by atoms with Crippen LogP contribution < -0.4 is 0 Å². The number of hydrogen-bond acceptors (Lipinski definition) is 1. The highest BCUT2D eigenvalue weighted by molar-refractivity contribution is 7.13. The topological polar surface area (TPSA) is 0 Å². The highest BCUT2D eigenvalue weighted by Crippen LogP contribution is 2.36. The third-order valence-corrected chi connectivity index (χ3v) is 5.47. The van der Waals surface area contributed by atoms with E-state index in [1.807, 2.05) is 17.4 Å². The Morgan fingerprint density at radius 3 is 2.55 bits per heavy atom. The van der Waals surface area contributed by atoms with Crippen molar-refractivity contribution in [3.8, 4) is 11.1 Å². The van der Waals surface area contributed by atoms with Gasteiger partial charge < -0.3 is 0 Å². The first-order valence-electron chi connectivity index (χ1n) is 7.67. The predicted molar refractivity (Wildman–Crippen MR) is 90.1 cm³/mol. The Hall–Kier alpha value is -1.34. The van der Waals surface area contributed by atoms with Gasteiger partial charge >= 0.3 is 0 Å². The largest absolute Gasteiger partial charge is 0.140 e. The molecule has 2 aromatic rings. The predicted octanol–water partition coefficient (Wildman–Crippen LogP) is 6.18. The SMILES string of the molecule is C=Cc1cc(-c2ccccc2)c(CC2CCCCC2)s1. The van der Waals surface area contributed by atoms with Crippen LogP contribution in [0.5, 0.6) is 0 Å². The van der Waals surface area contributed by atoms with Crippen molar-refractivity contribution in [3.63, 3.8) is 0 Å². The molecule has 20 heavy (non-hydrogen) atoms. The van der Waals surface area contributed by atoms with Crippen molar-refractivity contribution in [2.45, 2.75) is 38.5 Å². The third-order valence-electron chi connectivity index (χ3n) is 4.31. The Morgan fingerprint density at radius 2 is 1.85 bits per heavy atom. The Labute approximate surface area is 126 Å². The van der Waals surface area contributed by atoms with Crippen LogP contribution in [0.15, 0.2) is 43.0 Å². The average molecular weight is 282 g/mol. The van der Waals surface area contributed by atoms with Crippen molar-refractivity contribution in [1.82, 2.24) is 0 Å². The van der Waals surface area contributed by atoms with E-state index < -0.39 is 0 Å². The summed E-state index contributed by atoms with van der Waals surface area (Å²) >= 11 is 1.93. The van der Waals surface area contributed by atoms with Crippen molar-refractivity contribution < 1.29 is 0 Å². The summed E-state index contributed by atoms with van der Waals surface area (Å²) in [7, 11) is 0. The van der Waals surface area contributed by atoms with Gasteiger partial charge in [0.25, 0.3) is 0 Å². The summed E-state index contributed by atoms with van der Waals surface area (Å²) in [5.41, 5.74) is 2.78. The van der Waals surface area contributed by atoms with Crippen LogP contribution in [0.1, 0.15) is 41.9 Å². The van der Waals surface area contributed by atoms with Gasteiger partial charge in [-0.25, -0.2) is 0 Å². The number of benzene rings is 1. The van der Waals surface area contributed by atoms with Gasteiger partial charge in [0.15, 0.2) is 0 Å². The Balaban J connectivity index is 1.88. The maximum absolute atomic E-state index is 3.94. The zero-order valence-corrected chi connectivity index (χ0v) is 12.8. The molecule has 0 spiro atoms. The molecule has 0 saturated heterocycles. The number of hydrogen-bond donors (Lipinski definition) is 0. The molecule has 0 atom stereocenters. The van der Waals surface area contributed by atoms with Gasteiger partial charge in [-0.05, 0) is 29.5 Å². The zero-order valence-electron chi connectivity index (χ0n) is 12.0. The molecule has 1 aliphatic rings. The van der Waals surface area contributed by atoms with Crippen LogP contribution in [0.2, 0.25) is 0 Å². The fourth-order valence-corrected chi connectivity index (χ4v) is 4.37. The average Bonchev–Trinajstić information content (AvgIpc) is 2.92. The van der Waals surface area contributed by atoms with Crippen LogP contribution in [0.25, 0.3) is 17.2 Å². The minimum absolute atomic E-state index is 0.891. The summed E-state index contributed by atoms with van der Waals surface area (Å²) in [5.74, 6) is 0.891. The lowest BCUT2D eigenvalue weighted by Gasteiger charge is -2.21. The standard InChI is InChI=1S/C19H22S/c1-2-17-14-18(16-11-7-4-8-12-16)19(20-17)13-15-9-5-3-6-10-15/h2,4,7-8,11-12,14-15H,1,3,5-6,9-10,13H2. The summed E-state index contributed by atoms with van der Waals surface area (Å²) < 4.78 is 0. The second kappa shape index (κ2) is 6.41. The molecule has 1 heteroatoms. The number of rotatable bonds is 4. The number of thiophene rings is 1. The van der Waals surface area contributed by atoms with Crippen molar-refractivity contribution in [2.75, 3.05) is 0 Å². The monoisotopic (exact) mass is 282 g/mol. The smallest absolute Gasteiger partial charge is 0.0273 e. The van der Waals surface area contributed by atoms with Gasteiger partial charge in [-0.1, -0.05) is 75.1 Å². The van der Waals surface area contributed by atoms with Crippen LogP contribution in [0.3, 0.4) is 0 Å². The third kappa shape index (κ3) is 3.04. The molecular weight excluding hydrogens is 260 g/mol. The van der Waals surface area contributed by atoms with Crippen molar-refractivity contribution in [3.05, 3.63) is 52.7 Å². The summed E-state index contributed by atoms with van der Waals surface area (Å²) in [6.45, 7) is 3.94. The first kappa shape index (κ1) is 13.6. The first-order valence-corrected chi connectivity index (χ1v) is 8.49.